The quantitative estimate of drug-likeness (QED) is 0.765. The molecule has 2 heteroatoms. The van der Waals surface area contributed by atoms with Crippen molar-refractivity contribution >= 4 is 0 Å². The smallest absolute Gasteiger partial charge is 0.0223 e. The minimum absolute atomic E-state index is 0.774. The van der Waals surface area contributed by atoms with Gasteiger partial charge in [0.25, 0.3) is 0 Å². The second kappa shape index (κ2) is 6.19. The summed E-state index contributed by atoms with van der Waals surface area (Å²) < 4.78 is 0. The maximum atomic E-state index is 3.68. The van der Waals surface area contributed by atoms with Crippen LogP contribution < -0.4 is 5.32 Å². The molecule has 0 radical (unpaired) electrons. The van der Waals surface area contributed by atoms with Crippen molar-refractivity contribution in [2.24, 2.45) is 17.8 Å². The molecule has 0 spiro atoms. The van der Waals surface area contributed by atoms with E-state index in [9.17, 15) is 0 Å². The van der Waals surface area contributed by atoms with Gasteiger partial charge < -0.3 is 10.2 Å². The summed E-state index contributed by atoms with van der Waals surface area (Å²) in [5.41, 5.74) is 0. The van der Waals surface area contributed by atoms with Crippen LogP contribution in [0.25, 0.3) is 0 Å². The van der Waals surface area contributed by atoms with E-state index in [1.54, 1.807) is 0 Å². The summed E-state index contributed by atoms with van der Waals surface area (Å²) in [5.74, 6) is 2.84. The van der Waals surface area contributed by atoms with Gasteiger partial charge in [-0.1, -0.05) is 20.8 Å². The van der Waals surface area contributed by atoms with Crippen molar-refractivity contribution in [2.45, 2.75) is 52.5 Å². The zero-order chi connectivity index (χ0) is 12.3. The summed E-state index contributed by atoms with van der Waals surface area (Å²) in [4.78, 5) is 2.70. The number of likely N-dealkylation sites (tertiary alicyclic amines) is 1. The van der Waals surface area contributed by atoms with Crippen LogP contribution in [0.5, 0.6) is 0 Å². The van der Waals surface area contributed by atoms with Crippen LogP contribution in [-0.4, -0.2) is 37.1 Å². The molecule has 100 valence electrons. The number of rotatable bonds is 6. The number of nitrogens with one attached hydrogen (secondary N) is 1. The van der Waals surface area contributed by atoms with E-state index in [1.807, 2.05) is 0 Å². The van der Waals surface area contributed by atoms with Gasteiger partial charge in [-0.25, -0.2) is 0 Å². The van der Waals surface area contributed by atoms with Crippen molar-refractivity contribution in [3.8, 4) is 0 Å². The molecule has 0 aromatic heterocycles. The predicted octanol–water partition coefficient (Wildman–Crippen LogP) is 2.74. The van der Waals surface area contributed by atoms with E-state index in [0.29, 0.717) is 0 Å². The number of hydrogen-bond donors (Lipinski definition) is 1. The zero-order valence-corrected chi connectivity index (χ0v) is 11.9. The molecule has 1 unspecified atom stereocenters. The third-order valence-corrected chi connectivity index (χ3v) is 4.69. The Morgan fingerprint density at radius 3 is 2.18 bits per heavy atom. The number of piperidine rings is 1. The fraction of sp³-hybridized carbons (Fsp3) is 1.00. The van der Waals surface area contributed by atoms with E-state index < -0.39 is 0 Å². The lowest BCUT2D eigenvalue weighted by molar-refractivity contribution is 0.142. The van der Waals surface area contributed by atoms with Gasteiger partial charge in [0.15, 0.2) is 0 Å². The number of nitrogens with zero attached hydrogens (tertiary/aromatic N) is 1. The molecule has 0 aromatic carbocycles. The summed E-state index contributed by atoms with van der Waals surface area (Å²) in [6, 6.07) is 0.774. The third kappa shape index (κ3) is 3.96. The second-order valence-electron chi connectivity index (χ2n) is 6.38. The van der Waals surface area contributed by atoms with Crippen LogP contribution >= 0.6 is 0 Å². The molecule has 17 heavy (non-hydrogen) atoms. The topological polar surface area (TPSA) is 15.3 Å². The van der Waals surface area contributed by atoms with Gasteiger partial charge in [-0.3, -0.25) is 0 Å². The first-order valence-electron chi connectivity index (χ1n) is 7.66. The lowest BCUT2D eigenvalue weighted by Gasteiger charge is -2.36. The van der Waals surface area contributed by atoms with Crippen LogP contribution in [0.15, 0.2) is 0 Å². The van der Waals surface area contributed by atoms with Gasteiger partial charge >= 0.3 is 0 Å². The van der Waals surface area contributed by atoms with E-state index in [0.717, 1.165) is 30.3 Å². The summed E-state index contributed by atoms with van der Waals surface area (Å²) in [6.07, 6.45) is 5.75. The average molecular weight is 238 g/mol. The highest BCUT2D eigenvalue weighted by Crippen LogP contribution is 2.33. The van der Waals surface area contributed by atoms with Gasteiger partial charge in [0, 0.05) is 12.6 Å². The first-order valence-corrected chi connectivity index (χ1v) is 7.66. The van der Waals surface area contributed by atoms with Gasteiger partial charge in [0.1, 0.15) is 0 Å². The molecule has 1 aliphatic carbocycles. The van der Waals surface area contributed by atoms with Crippen molar-refractivity contribution in [2.75, 3.05) is 26.2 Å². The second-order valence-corrected chi connectivity index (χ2v) is 6.38. The molecule has 1 heterocycles. The van der Waals surface area contributed by atoms with Gasteiger partial charge in [0.05, 0.1) is 0 Å². The maximum absolute atomic E-state index is 3.68. The van der Waals surface area contributed by atoms with Crippen molar-refractivity contribution in [1.29, 1.82) is 0 Å². The van der Waals surface area contributed by atoms with Gasteiger partial charge in [-0.2, -0.15) is 0 Å². The summed E-state index contributed by atoms with van der Waals surface area (Å²) >= 11 is 0. The molecule has 1 N–H and O–H groups in total. The molecule has 1 aliphatic heterocycles. The summed E-state index contributed by atoms with van der Waals surface area (Å²) in [6.45, 7) is 12.1. The Kier molecular flexibility index (Phi) is 4.87. The Labute approximate surface area is 107 Å². The Bertz CT molecular complexity index is 215. The van der Waals surface area contributed by atoms with Crippen LogP contribution in [0.3, 0.4) is 0 Å². The molecule has 0 amide bonds. The van der Waals surface area contributed by atoms with Crippen molar-refractivity contribution in [1.82, 2.24) is 10.2 Å². The molecule has 2 rings (SSSR count). The Balaban J connectivity index is 1.72. The molecule has 1 saturated carbocycles. The van der Waals surface area contributed by atoms with E-state index >= 15 is 0 Å². The molecular formula is C15H30N2. The third-order valence-electron chi connectivity index (χ3n) is 4.69. The minimum Gasteiger partial charge on any atom is -0.313 e. The Morgan fingerprint density at radius 2 is 1.71 bits per heavy atom. The number of likely N-dealkylation sites (N-methyl/N-ethyl adjacent to an activating group) is 1. The summed E-state index contributed by atoms with van der Waals surface area (Å²) in [7, 11) is 0. The van der Waals surface area contributed by atoms with E-state index in [4.69, 9.17) is 0 Å². The summed E-state index contributed by atoms with van der Waals surface area (Å²) in [5, 5.41) is 3.68. The lowest BCUT2D eigenvalue weighted by atomic mass is 9.86. The van der Waals surface area contributed by atoms with Crippen LogP contribution in [0, 0.1) is 17.8 Å². The normalized spacial score (nSPS) is 25.4. The highest BCUT2D eigenvalue weighted by molar-refractivity contribution is 4.89. The Hall–Kier alpha value is -0.0800. The van der Waals surface area contributed by atoms with Crippen LogP contribution in [0.4, 0.5) is 0 Å². The Morgan fingerprint density at radius 1 is 1.06 bits per heavy atom. The molecule has 2 aliphatic rings. The molecule has 0 bridgehead atoms. The fourth-order valence-corrected chi connectivity index (χ4v) is 3.22. The molecule has 2 fully saturated rings. The zero-order valence-electron chi connectivity index (χ0n) is 11.9. The van der Waals surface area contributed by atoms with Gasteiger partial charge in [-0.15, -0.1) is 0 Å². The molecule has 1 atom stereocenters. The SMILES string of the molecule is CCNC(CN1CCC(C(C)C)CC1)C1CC1. The first-order chi connectivity index (χ1) is 8.20. The standard InChI is InChI=1S/C15H30N2/c1-4-16-15(14-5-6-14)11-17-9-7-13(8-10-17)12(2)3/h12-16H,4-11H2,1-3H3. The molecule has 0 aromatic rings. The van der Waals surface area contributed by atoms with Crippen LogP contribution in [0.1, 0.15) is 46.5 Å². The molecular weight excluding hydrogens is 208 g/mol. The van der Waals surface area contributed by atoms with Gasteiger partial charge in [0.2, 0.25) is 0 Å². The average Bonchev–Trinajstić information content (AvgIpc) is 3.13. The van der Waals surface area contributed by atoms with Crippen molar-refractivity contribution in [3.63, 3.8) is 0 Å². The van der Waals surface area contributed by atoms with E-state index in [-0.39, 0.29) is 0 Å². The first kappa shape index (κ1) is 13.4. The van der Waals surface area contributed by atoms with Crippen LogP contribution in [0.2, 0.25) is 0 Å². The number of hydrogen-bond acceptors (Lipinski definition) is 2. The van der Waals surface area contributed by atoms with Gasteiger partial charge in [-0.05, 0) is 63.1 Å². The predicted molar refractivity (Wildman–Crippen MR) is 74.2 cm³/mol. The molecule has 2 nitrogen and oxygen atoms in total. The van der Waals surface area contributed by atoms with Crippen molar-refractivity contribution < 1.29 is 0 Å². The van der Waals surface area contributed by atoms with E-state index in [2.05, 4.69) is 31.0 Å². The van der Waals surface area contributed by atoms with E-state index in [1.165, 1.54) is 45.3 Å². The molecule has 1 saturated heterocycles. The fourth-order valence-electron chi connectivity index (χ4n) is 3.22. The largest absolute Gasteiger partial charge is 0.313 e. The highest BCUT2D eigenvalue weighted by atomic mass is 15.2. The van der Waals surface area contributed by atoms with Crippen LogP contribution in [-0.2, 0) is 0 Å². The van der Waals surface area contributed by atoms with Crippen molar-refractivity contribution in [3.05, 3.63) is 0 Å². The monoisotopic (exact) mass is 238 g/mol. The lowest BCUT2D eigenvalue weighted by Crippen LogP contribution is -2.45. The minimum atomic E-state index is 0.774. The highest BCUT2D eigenvalue weighted by Gasteiger charge is 2.32. The maximum Gasteiger partial charge on any atom is 0.0223 e.